The number of anilines is 1. The molecule has 5 rings (SSSR count). The summed E-state index contributed by atoms with van der Waals surface area (Å²) in [6, 6.07) is 21.1. The molecule has 1 aliphatic rings. The van der Waals surface area contributed by atoms with Crippen LogP contribution in [0.15, 0.2) is 82.7 Å². The molecule has 0 fully saturated rings. The third kappa shape index (κ3) is 4.21. The van der Waals surface area contributed by atoms with Gasteiger partial charge in [-0.15, -0.1) is 0 Å². The van der Waals surface area contributed by atoms with Crippen LogP contribution in [-0.4, -0.2) is 26.3 Å². The number of aromatic amines is 1. The van der Waals surface area contributed by atoms with Crippen LogP contribution in [0.5, 0.6) is 0 Å². The van der Waals surface area contributed by atoms with Crippen molar-refractivity contribution in [3.05, 3.63) is 121 Å². The Labute approximate surface area is 219 Å². The first-order valence-corrected chi connectivity index (χ1v) is 12.2. The van der Waals surface area contributed by atoms with E-state index in [2.05, 4.69) is 10.2 Å². The van der Waals surface area contributed by atoms with Crippen LogP contribution in [0.1, 0.15) is 40.8 Å². The highest BCUT2D eigenvalue weighted by Gasteiger charge is 2.45. The zero-order valence-corrected chi connectivity index (χ0v) is 21.5. The summed E-state index contributed by atoms with van der Waals surface area (Å²) in [4.78, 5) is 39.4. The highest BCUT2D eigenvalue weighted by molar-refractivity contribution is 6.15. The van der Waals surface area contributed by atoms with E-state index in [0.29, 0.717) is 28.3 Å². The van der Waals surface area contributed by atoms with Gasteiger partial charge < -0.3 is 0 Å². The summed E-state index contributed by atoms with van der Waals surface area (Å²) in [6.07, 6.45) is 0. The molecule has 2 atom stereocenters. The van der Waals surface area contributed by atoms with Crippen molar-refractivity contribution in [2.75, 3.05) is 5.01 Å². The lowest BCUT2D eigenvalue weighted by molar-refractivity contribution is -0.385. The smallest absolute Gasteiger partial charge is 0.275 e. The molecule has 3 aromatic carbocycles. The minimum atomic E-state index is -0.932. The number of carbonyl (C=O) groups is 1. The molecule has 9 nitrogen and oxygen atoms in total. The predicted molar refractivity (Wildman–Crippen MR) is 146 cm³/mol. The van der Waals surface area contributed by atoms with Crippen molar-refractivity contribution in [3.8, 4) is 5.69 Å². The second-order valence-corrected chi connectivity index (χ2v) is 9.62. The number of nitro benzene ring substituents is 1. The van der Waals surface area contributed by atoms with E-state index < -0.39 is 16.8 Å². The molecule has 38 heavy (non-hydrogen) atoms. The van der Waals surface area contributed by atoms with Gasteiger partial charge in [-0.25, -0.2) is 9.69 Å². The molecule has 1 amide bonds. The van der Waals surface area contributed by atoms with Crippen LogP contribution in [0.25, 0.3) is 5.69 Å². The van der Waals surface area contributed by atoms with Gasteiger partial charge in [0.05, 0.1) is 22.2 Å². The number of amides is 1. The molecular formula is C29H27N5O4. The average Bonchev–Trinajstić information content (AvgIpc) is 3.36. The van der Waals surface area contributed by atoms with E-state index in [0.717, 1.165) is 11.1 Å². The van der Waals surface area contributed by atoms with Crippen LogP contribution in [0, 0.1) is 36.8 Å². The highest BCUT2D eigenvalue weighted by atomic mass is 16.6. The number of hydrogen-bond acceptors (Lipinski definition) is 5. The van der Waals surface area contributed by atoms with E-state index in [1.54, 1.807) is 44.2 Å². The maximum Gasteiger partial charge on any atom is 0.275 e. The number of nitrogens with zero attached hydrogens (tertiary/aromatic N) is 4. The van der Waals surface area contributed by atoms with E-state index in [9.17, 15) is 19.7 Å². The van der Waals surface area contributed by atoms with E-state index in [-0.39, 0.29) is 22.7 Å². The summed E-state index contributed by atoms with van der Waals surface area (Å²) < 4.78 is 1.41. The fraction of sp³-hybridized carbons (Fsp3) is 0.207. The molecule has 9 heteroatoms. The second kappa shape index (κ2) is 9.59. The van der Waals surface area contributed by atoms with Crippen LogP contribution in [0.3, 0.4) is 0 Å². The van der Waals surface area contributed by atoms with Gasteiger partial charge in [0.2, 0.25) is 0 Å². The fourth-order valence-corrected chi connectivity index (χ4v) is 5.05. The Kier molecular flexibility index (Phi) is 6.28. The van der Waals surface area contributed by atoms with Crippen molar-refractivity contribution in [3.63, 3.8) is 0 Å². The molecule has 1 aliphatic heterocycles. The van der Waals surface area contributed by atoms with Gasteiger partial charge in [0.1, 0.15) is 0 Å². The van der Waals surface area contributed by atoms with Crippen LogP contribution < -0.4 is 10.6 Å². The van der Waals surface area contributed by atoms with Gasteiger partial charge in [0.25, 0.3) is 17.2 Å². The molecule has 0 saturated carbocycles. The third-order valence-corrected chi connectivity index (χ3v) is 6.98. The minimum Gasteiger partial charge on any atom is -0.295 e. The Bertz CT molecular complexity index is 1630. The first kappa shape index (κ1) is 24.9. The van der Waals surface area contributed by atoms with Gasteiger partial charge in [-0.1, -0.05) is 53.6 Å². The molecule has 4 aromatic rings. The number of para-hydroxylation sites is 1. The molecule has 192 valence electrons. The van der Waals surface area contributed by atoms with Crippen LogP contribution in [0.4, 0.5) is 11.4 Å². The number of hydrazone groups is 1. The number of hydrogen-bond donors (Lipinski definition) is 1. The molecule has 0 aliphatic carbocycles. The Morgan fingerprint density at radius 1 is 0.868 bits per heavy atom. The van der Waals surface area contributed by atoms with Crippen molar-refractivity contribution in [2.45, 2.75) is 33.6 Å². The number of carbonyl (C=O) groups excluding carboxylic acids is 1. The summed E-state index contributed by atoms with van der Waals surface area (Å²) >= 11 is 0. The molecule has 0 spiro atoms. The molecule has 2 unspecified atom stereocenters. The second-order valence-electron chi connectivity index (χ2n) is 9.62. The summed E-state index contributed by atoms with van der Waals surface area (Å²) in [5.41, 5.74) is 4.33. The Morgan fingerprint density at radius 2 is 1.45 bits per heavy atom. The summed E-state index contributed by atoms with van der Waals surface area (Å²) in [5.74, 6) is -2.19. The van der Waals surface area contributed by atoms with Crippen molar-refractivity contribution in [2.24, 2.45) is 11.0 Å². The molecular weight excluding hydrogens is 482 g/mol. The van der Waals surface area contributed by atoms with E-state index >= 15 is 0 Å². The lowest BCUT2D eigenvalue weighted by atomic mass is 9.77. The first-order chi connectivity index (χ1) is 18.2. The zero-order chi connectivity index (χ0) is 27.1. The fourth-order valence-electron chi connectivity index (χ4n) is 5.05. The van der Waals surface area contributed by atoms with Crippen molar-refractivity contribution >= 4 is 23.0 Å². The molecule has 1 N–H and O–H groups in total. The number of nitrogens with one attached hydrogen (secondary N) is 1. The maximum absolute atomic E-state index is 13.9. The average molecular weight is 510 g/mol. The van der Waals surface area contributed by atoms with Crippen LogP contribution in [-0.2, 0) is 4.79 Å². The molecule has 0 saturated heterocycles. The van der Waals surface area contributed by atoms with Gasteiger partial charge in [-0.05, 0) is 52.0 Å². The lowest BCUT2D eigenvalue weighted by Gasteiger charge is -2.23. The largest absolute Gasteiger partial charge is 0.295 e. The number of benzene rings is 3. The Morgan fingerprint density at radius 3 is 2.05 bits per heavy atom. The van der Waals surface area contributed by atoms with Gasteiger partial charge in [0.15, 0.2) is 0 Å². The van der Waals surface area contributed by atoms with Gasteiger partial charge >= 0.3 is 0 Å². The number of aromatic nitrogens is 2. The van der Waals surface area contributed by atoms with Crippen molar-refractivity contribution in [1.82, 2.24) is 9.78 Å². The third-order valence-electron chi connectivity index (χ3n) is 6.98. The predicted octanol–water partition coefficient (Wildman–Crippen LogP) is 5.17. The molecule has 0 bridgehead atoms. The van der Waals surface area contributed by atoms with Crippen molar-refractivity contribution in [1.29, 1.82) is 0 Å². The number of H-pyrrole nitrogens is 1. The van der Waals surface area contributed by atoms with E-state index in [1.807, 2.05) is 50.2 Å². The molecule has 0 radical (unpaired) electrons. The summed E-state index contributed by atoms with van der Waals surface area (Å²) in [7, 11) is 0. The minimum absolute atomic E-state index is 0.159. The summed E-state index contributed by atoms with van der Waals surface area (Å²) in [5, 5.41) is 21.1. The Balaban J connectivity index is 1.70. The standard InChI is InChI=1S/C29H27N5O4/c1-17-9-13-21(14-10-17)32-28(35)25(19(3)30-32)27(23-7-5-6-8-24(23)34(37)38)26-20(4)31-33(29(26)36)22-15-11-18(2)12-16-22/h5-16,25,27,31H,1-4H3. The number of aryl methyl sites for hydroxylation is 3. The van der Waals surface area contributed by atoms with Gasteiger partial charge in [0, 0.05) is 34.5 Å². The monoisotopic (exact) mass is 509 g/mol. The maximum atomic E-state index is 13.9. The molecule has 2 heterocycles. The molecule has 1 aromatic heterocycles. The van der Waals surface area contributed by atoms with Crippen molar-refractivity contribution < 1.29 is 9.72 Å². The Hall–Kier alpha value is -4.79. The SMILES string of the molecule is CC1=NN(c2ccc(C)cc2)C(=O)C1C(c1ccccc1[N+](=O)[O-])c1c(C)[nH]n(-c2ccc(C)cc2)c1=O. The van der Waals surface area contributed by atoms with E-state index in [1.165, 1.54) is 15.8 Å². The lowest BCUT2D eigenvalue weighted by Crippen LogP contribution is -2.34. The van der Waals surface area contributed by atoms with Crippen LogP contribution >= 0.6 is 0 Å². The quantitative estimate of drug-likeness (QED) is 0.285. The summed E-state index contributed by atoms with van der Waals surface area (Å²) in [6.45, 7) is 7.37. The zero-order valence-electron chi connectivity index (χ0n) is 21.5. The van der Waals surface area contributed by atoms with E-state index in [4.69, 9.17) is 0 Å². The topological polar surface area (TPSA) is 114 Å². The number of nitro groups is 1. The first-order valence-electron chi connectivity index (χ1n) is 12.2. The normalized spacial score (nSPS) is 16.0. The van der Waals surface area contributed by atoms with Crippen LogP contribution in [0.2, 0.25) is 0 Å². The van der Waals surface area contributed by atoms with Gasteiger partial charge in [-0.2, -0.15) is 5.10 Å². The number of rotatable bonds is 6. The van der Waals surface area contributed by atoms with Gasteiger partial charge in [-0.3, -0.25) is 24.8 Å². The highest BCUT2D eigenvalue weighted by Crippen LogP contribution is 2.41.